The number of benzene rings is 1. The van der Waals surface area contributed by atoms with E-state index >= 15 is 0 Å². The van der Waals surface area contributed by atoms with Crippen LogP contribution in [0, 0.1) is 0 Å². The van der Waals surface area contributed by atoms with Crippen LogP contribution in [0.5, 0.6) is 11.5 Å². The van der Waals surface area contributed by atoms with Crippen molar-refractivity contribution >= 4 is 0 Å². The summed E-state index contributed by atoms with van der Waals surface area (Å²) in [7, 11) is 3.38. The molecule has 88 valence electrons. The molecule has 0 bridgehead atoms. The standard InChI is InChI=1S/C13H19NO2/c1-15-12-8-5-6-10(13(12)16-2)11-7-3-4-9-14-11/h5-6,8,11,14H,3-4,7,9H2,1-2H3. The van der Waals surface area contributed by atoms with Gasteiger partial charge in [-0.05, 0) is 25.5 Å². The Morgan fingerprint density at radius 3 is 2.69 bits per heavy atom. The molecule has 0 spiro atoms. The van der Waals surface area contributed by atoms with E-state index in [0.717, 1.165) is 18.0 Å². The fourth-order valence-corrected chi connectivity index (χ4v) is 2.30. The van der Waals surface area contributed by atoms with Crippen LogP contribution in [0.1, 0.15) is 30.9 Å². The van der Waals surface area contributed by atoms with Crippen LogP contribution in [-0.4, -0.2) is 20.8 Å². The Balaban J connectivity index is 2.30. The number of rotatable bonds is 3. The van der Waals surface area contributed by atoms with Crippen molar-refractivity contribution < 1.29 is 9.47 Å². The second-order valence-corrected chi connectivity index (χ2v) is 4.09. The Bertz CT molecular complexity index is 346. The number of ether oxygens (including phenoxy) is 2. The lowest BCUT2D eigenvalue weighted by atomic mass is 9.96. The summed E-state index contributed by atoms with van der Waals surface area (Å²) in [5, 5.41) is 3.53. The molecule has 0 amide bonds. The van der Waals surface area contributed by atoms with Gasteiger partial charge in [0.15, 0.2) is 11.5 Å². The number of hydrogen-bond acceptors (Lipinski definition) is 3. The Kier molecular flexibility index (Phi) is 3.67. The monoisotopic (exact) mass is 221 g/mol. The highest BCUT2D eigenvalue weighted by Crippen LogP contribution is 2.37. The minimum absolute atomic E-state index is 0.402. The van der Waals surface area contributed by atoms with Gasteiger partial charge in [-0.2, -0.15) is 0 Å². The molecule has 1 aromatic rings. The van der Waals surface area contributed by atoms with Crippen molar-refractivity contribution in [2.24, 2.45) is 0 Å². The fraction of sp³-hybridized carbons (Fsp3) is 0.538. The quantitative estimate of drug-likeness (QED) is 0.850. The van der Waals surface area contributed by atoms with E-state index in [1.165, 1.54) is 24.8 Å². The Labute approximate surface area is 96.8 Å². The van der Waals surface area contributed by atoms with Crippen LogP contribution in [0.25, 0.3) is 0 Å². The Hall–Kier alpha value is -1.22. The molecular formula is C13H19NO2. The average Bonchev–Trinajstić information content (AvgIpc) is 2.38. The van der Waals surface area contributed by atoms with Crippen LogP contribution < -0.4 is 14.8 Å². The highest BCUT2D eigenvalue weighted by atomic mass is 16.5. The van der Waals surface area contributed by atoms with Gasteiger partial charge in [0.25, 0.3) is 0 Å². The number of piperidine rings is 1. The maximum Gasteiger partial charge on any atom is 0.165 e. The topological polar surface area (TPSA) is 30.5 Å². The molecule has 1 aliphatic rings. The molecule has 0 saturated carbocycles. The summed E-state index contributed by atoms with van der Waals surface area (Å²) in [4.78, 5) is 0. The minimum Gasteiger partial charge on any atom is -0.493 e. The van der Waals surface area contributed by atoms with Crippen molar-refractivity contribution in [3.8, 4) is 11.5 Å². The van der Waals surface area contributed by atoms with Crippen LogP contribution in [0.3, 0.4) is 0 Å². The number of nitrogens with one attached hydrogen (secondary N) is 1. The van der Waals surface area contributed by atoms with E-state index < -0.39 is 0 Å². The van der Waals surface area contributed by atoms with Gasteiger partial charge in [0, 0.05) is 11.6 Å². The van der Waals surface area contributed by atoms with E-state index in [4.69, 9.17) is 9.47 Å². The molecule has 1 aromatic carbocycles. The normalized spacial score (nSPS) is 20.5. The molecule has 1 heterocycles. The van der Waals surface area contributed by atoms with Gasteiger partial charge in [-0.3, -0.25) is 0 Å². The zero-order chi connectivity index (χ0) is 11.4. The molecular weight excluding hydrogens is 202 g/mol. The highest BCUT2D eigenvalue weighted by molar-refractivity contribution is 5.48. The van der Waals surface area contributed by atoms with Gasteiger partial charge in [0.05, 0.1) is 14.2 Å². The second-order valence-electron chi connectivity index (χ2n) is 4.09. The molecule has 1 atom stereocenters. The van der Waals surface area contributed by atoms with Gasteiger partial charge in [0.1, 0.15) is 0 Å². The van der Waals surface area contributed by atoms with Crippen LogP contribution >= 0.6 is 0 Å². The molecule has 3 nitrogen and oxygen atoms in total. The number of hydrogen-bond donors (Lipinski definition) is 1. The van der Waals surface area contributed by atoms with Gasteiger partial charge in [0.2, 0.25) is 0 Å². The molecule has 1 fully saturated rings. The first-order chi connectivity index (χ1) is 7.86. The summed E-state index contributed by atoms with van der Waals surface area (Å²) in [6.45, 7) is 1.09. The Morgan fingerprint density at radius 2 is 2.06 bits per heavy atom. The van der Waals surface area contributed by atoms with E-state index in [-0.39, 0.29) is 0 Å². The minimum atomic E-state index is 0.402. The second kappa shape index (κ2) is 5.21. The van der Waals surface area contributed by atoms with Crippen LogP contribution in [0.2, 0.25) is 0 Å². The number of methoxy groups -OCH3 is 2. The maximum absolute atomic E-state index is 5.46. The third-order valence-electron chi connectivity index (χ3n) is 3.12. The van der Waals surface area contributed by atoms with E-state index in [9.17, 15) is 0 Å². The maximum atomic E-state index is 5.46. The van der Waals surface area contributed by atoms with Gasteiger partial charge >= 0.3 is 0 Å². The summed E-state index contributed by atoms with van der Waals surface area (Å²) in [6, 6.07) is 6.47. The average molecular weight is 221 g/mol. The first-order valence-electron chi connectivity index (χ1n) is 5.81. The summed E-state index contributed by atoms with van der Waals surface area (Å²) in [5.41, 5.74) is 1.21. The van der Waals surface area contributed by atoms with Gasteiger partial charge < -0.3 is 14.8 Å². The van der Waals surface area contributed by atoms with Crippen molar-refractivity contribution in [1.29, 1.82) is 0 Å². The zero-order valence-electron chi connectivity index (χ0n) is 9.95. The molecule has 16 heavy (non-hydrogen) atoms. The lowest BCUT2D eigenvalue weighted by molar-refractivity contribution is 0.338. The van der Waals surface area contributed by atoms with Crippen LogP contribution in [0.4, 0.5) is 0 Å². The van der Waals surface area contributed by atoms with Crippen molar-refractivity contribution in [2.75, 3.05) is 20.8 Å². The number of para-hydroxylation sites is 1. The molecule has 0 radical (unpaired) electrons. The fourth-order valence-electron chi connectivity index (χ4n) is 2.30. The molecule has 3 heteroatoms. The molecule has 1 unspecified atom stereocenters. The molecule has 0 aliphatic carbocycles. The van der Waals surface area contributed by atoms with Gasteiger partial charge in [-0.25, -0.2) is 0 Å². The molecule has 1 N–H and O–H groups in total. The van der Waals surface area contributed by atoms with Gasteiger partial charge in [-0.1, -0.05) is 18.6 Å². The molecule has 1 aliphatic heterocycles. The molecule has 0 aromatic heterocycles. The largest absolute Gasteiger partial charge is 0.493 e. The van der Waals surface area contributed by atoms with Crippen molar-refractivity contribution in [3.63, 3.8) is 0 Å². The summed E-state index contributed by atoms with van der Waals surface area (Å²) < 4.78 is 10.8. The van der Waals surface area contributed by atoms with E-state index in [0.29, 0.717) is 6.04 Å². The summed E-state index contributed by atoms with van der Waals surface area (Å²) >= 11 is 0. The van der Waals surface area contributed by atoms with E-state index in [1.54, 1.807) is 14.2 Å². The molecule has 1 saturated heterocycles. The van der Waals surface area contributed by atoms with E-state index in [1.807, 2.05) is 12.1 Å². The molecule has 2 rings (SSSR count). The predicted octanol–water partition coefficient (Wildman–Crippen LogP) is 2.52. The lowest BCUT2D eigenvalue weighted by Crippen LogP contribution is -2.27. The van der Waals surface area contributed by atoms with Gasteiger partial charge in [-0.15, -0.1) is 0 Å². The lowest BCUT2D eigenvalue weighted by Gasteiger charge is -2.25. The third-order valence-corrected chi connectivity index (χ3v) is 3.12. The smallest absolute Gasteiger partial charge is 0.165 e. The van der Waals surface area contributed by atoms with Crippen molar-refractivity contribution in [2.45, 2.75) is 25.3 Å². The van der Waals surface area contributed by atoms with Crippen molar-refractivity contribution in [1.82, 2.24) is 5.32 Å². The summed E-state index contributed by atoms with van der Waals surface area (Å²) in [6.07, 6.45) is 3.71. The first-order valence-corrected chi connectivity index (χ1v) is 5.81. The van der Waals surface area contributed by atoms with E-state index in [2.05, 4.69) is 11.4 Å². The highest BCUT2D eigenvalue weighted by Gasteiger charge is 2.20. The third kappa shape index (κ3) is 2.14. The SMILES string of the molecule is COc1cccc(C2CCCCN2)c1OC. The van der Waals surface area contributed by atoms with Crippen LogP contribution in [0.15, 0.2) is 18.2 Å². The summed E-state index contributed by atoms with van der Waals surface area (Å²) in [5.74, 6) is 1.68. The zero-order valence-corrected chi connectivity index (χ0v) is 9.95. The van der Waals surface area contributed by atoms with Crippen LogP contribution in [-0.2, 0) is 0 Å². The predicted molar refractivity (Wildman–Crippen MR) is 64.1 cm³/mol. The Morgan fingerprint density at radius 1 is 1.19 bits per heavy atom. The first kappa shape index (κ1) is 11.3. The van der Waals surface area contributed by atoms with Crippen molar-refractivity contribution in [3.05, 3.63) is 23.8 Å².